The van der Waals surface area contributed by atoms with E-state index in [2.05, 4.69) is 14.7 Å². The average Bonchev–Trinajstić information content (AvgIpc) is 2.86. The van der Waals surface area contributed by atoms with Gasteiger partial charge in [0, 0.05) is 4.90 Å². The van der Waals surface area contributed by atoms with Crippen LogP contribution in [0, 0.1) is 6.92 Å². The summed E-state index contributed by atoms with van der Waals surface area (Å²) >= 11 is 1.41. The van der Waals surface area contributed by atoms with Crippen LogP contribution in [0.3, 0.4) is 0 Å². The van der Waals surface area contributed by atoms with Crippen LogP contribution in [-0.2, 0) is 11.3 Å². The fourth-order valence-electron chi connectivity index (χ4n) is 1.43. The van der Waals surface area contributed by atoms with Crippen LogP contribution in [0.4, 0.5) is 13.2 Å². The Labute approximate surface area is 123 Å². The molecule has 4 nitrogen and oxygen atoms in total. The highest BCUT2D eigenvalue weighted by molar-refractivity contribution is 7.98. The first-order valence-corrected chi connectivity index (χ1v) is 7.07. The molecule has 0 spiro atoms. The maximum absolute atomic E-state index is 12.8. The van der Waals surface area contributed by atoms with Crippen molar-refractivity contribution in [3.05, 3.63) is 41.5 Å². The lowest BCUT2D eigenvalue weighted by Crippen LogP contribution is -2.48. The zero-order chi connectivity index (χ0) is 15.7. The molecule has 2 N–H and O–H groups in total. The van der Waals surface area contributed by atoms with Crippen molar-refractivity contribution in [1.82, 2.24) is 10.1 Å². The summed E-state index contributed by atoms with van der Waals surface area (Å²) in [6.07, 6.45) is -4.65. The molecule has 1 aromatic carbocycles. The number of aromatic nitrogens is 2. The molecular weight excluding hydrogens is 303 g/mol. The molecule has 1 atom stereocenters. The van der Waals surface area contributed by atoms with Crippen molar-refractivity contribution in [2.45, 2.75) is 36.2 Å². The number of hydrogen-bond donors (Lipinski definition) is 1. The summed E-state index contributed by atoms with van der Waals surface area (Å²) in [6, 6.07) is 7.74. The third-order valence-electron chi connectivity index (χ3n) is 2.89. The summed E-state index contributed by atoms with van der Waals surface area (Å²) in [7, 11) is 0. The summed E-state index contributed by atoms with van der Waals surface area (Å²) < 4.78 is 42.9. The molecule has 0 saturated heterocycles. The van der Waals surface area contributed by atoms with Crippen LogP contribution in [0.1, 0.15) is 24.2 Å². The molecule has 2 rings (SSSR count). The van der Waals surface area contributed by atoms with Crippen LogP contribution in [0.15, 0.2) is 33.7 Å². The third kappa shape index (κ3) is 3.56. The number of hydrogen-bond acceptors (Lipinski definition) is 5. The minimum Gasteiger partial charge on any atom is -0.337 e. The SMILES string of the molecule is Cc1ccc(SCc2noc(C(C)(N)C(F)(F)F)n2)cc1. The first-order chi connectivity index (χ1) is 9.70. The standard InChI is InChI=1S/C13H14F3N3OS/c1-8-3-5-9(6-4-8)21-7-10-18-11(20-19-10)12(2,17)13(14,15)16/h3-6H,7,17H2,1-2H3. The highest BCUT2D eigenvalue weighted by atomic mass is 32.2. The molecule has 0 fully saturated rings. The van der Waals surface area contributed by atoms with E-state index in [1.807, 2.05) is 31.2 Å². The van der Waals surface area contributed by atoms with Crippen molar-refractivity contribution < 1.29 is 17.7 Å². The van der Waals surface area contributed by atoms with Gasteiger partial charge in [0.15, 0.2) is 11.4 Å². The van der Waals surface area contributed by atoms with E-state index in [1.54, 1.807) is 0 Å². The second kappa shape index (κ2) is 5.69. The van der Waals surface area contributed by atoms with E-state index in [0.717, 1.165) is 17.4 Å². The maximum atomic E-state index is 12.8. The Bertz CT molecular complexity index is 608. The van der Waals surface area contributed by atoms with Gasteiger partial charge in [0.05, 0.1) is 5.75 Å². The Morgan fingerprint density at radius 3 is 2.43 bits per heavy atom. The first kappa shape index (κ1) is 15.8. The van der Waals surface area contributed by atoms with Crippen molar-refractivity contribution in [2.24, 2.45) is 5.73 Å². The van der Waals surface area contributed by atoms with Crippen molar-refractivity contribution in [3.8, 4) is 0 Å². The van der Waals surface area contributed by atoms with Crippen LogP contribution >= 0.6 is 11.8 Å². The second-order valence-corrected chi connectivity index (χ2v) is 5.87. The maximum Gasteiger partial charge on any atom is 0.415 e. The first-order valence-electron chi connectivity index (χ1n) is 6.08. The van der Waals surface area contributed by atoms with Gasteiger partial charge in [0.1, 0.15) is 0 Å². The number of alkyl halides is 3. The minimum atomic E-state index is -4.65. The molecule has 0 saturated carbocycles. The van der Waals surface area contributed by atoms with Gasteiger partial charge in [-0.1, -0.05) is 22.9 Å². The zero-order valence-electron chi connectivity index (χ0n) is 11.4. The fourth-order valence-corrected chi connectivity index (χ4v) is 2.17. The summed E-state index contributed by atoms with van der Waals surface area (Å²) in [6.45, 7) is 2.77. The van der Waals surface area contributed by atoms with Gasteiger partial charge in [0.25, 0.3) is 5.89 Å². The van der Waals surface area contributed by atoms with Gasteiger partial charge in [0.2, 0.25) is 0 Å². The molecular formula is C13H14F3N3OS. The Balaban J connectivity index is 2.05. The van der Waals surface area contributed by atoms with Gasteiger partial charge in [-0.3, -0.25) is 0 Å². The lowest BCUT2D eigenvalue weighted by Gasteiger charge is -2.22. The van der Waals surface area contributed by atoms with Crippen molar-refractivity contribution >= 4 is 11.8 Å². The predicted molar refractivity (Wildman–Crippen MR) is 72.6 cm³/mol. The van der Waals surface area contributed by atoms with Crippen LogP contribution in [0.25, 0.3) is 0 Å². The van der Waals surface area contributed by atoms with Crippen LogP contribution in [-0.4, -0.2) is 16.3 Å². The summed E-state index contributed by atoms with van der Waals surface area (Å²) in [5.41, 5.74) is 3.71. The van der Waals surface area contributed by atoms with Crippen molar-refractivity contribution in [3.63, 3.8) is 0 Å². The van der Waals surface area contributed by atoms with E-state index in [1.165, 1.54) is 11.8 Å². The monoisotopic (exact) mass is 317 g/mol. The third-order valence-corrected chi connectivity index (χ3v) is 3.90. The Kier molecular flexibility index (Phi) is 4.29. The molecule has 21 heavy (non-hydrogen) atoms. The van der Waals surface area contributed by atoms with Gasteiger partial charge in [-0.25, -0.2) is 0 Å². The summed E-state index contributed by atoms with van der Waals surface area (Å²) in [5, 5.41) is 3.54. The van der Waals surface area contributed by atoms with E-state index in [-0.39, 0.29) is 5.82 Å². The van der Waals surface area contributed by atoms with E-state index in [9.17, 15) is 13.2 Å². The highest BCUT2D eigenvalue weighted by Gasteiger charge is 2.53. The smallest absolute Gasteiger partial charge is 0.337 e. The molecule has 1 unspecified atom stereocenters. The molecule has 8 heteroatoms. The number of nitrogens with two attached hydrogens (primary N) is 1. The number of thioether (sulfide) groups is 1. The molecule has 1 heterocycles. The fraction of sp³-hybridized carbons (Fsp3) is 0.385. The molecule has 0 bridgehead atoms. The topological polar surface area (TPSA) is 64.9 Å². The Hall–Kier alpha value is -1.54. The normalized spacial score (nSPS) is 15.0. The zero-order valence-corrected chi connectivity index (χ0v) is 12.3. The van der Waals surface area contributed by atoms with Gasteiger partial charge in [-0.15, -0.1) is 11.8 Å². The number of halogens is 3. The van der Waals surface area contributed by atoms with Crippen LogP contribution < -0.4 is 5.73 Å². The van der Waals surface area contributed by atoms with Crippen molar-refractivity contribution in [1.29, 1.82) is 0 Å². The average molecular weight is 317 g/mol. The predicted octanol–water partition coefficient (Wildman–Crippen LogP) is 3.41. The molecule has 1 aromatic heterocycles. The Morgan fingerprint density at radius 1 is 1.24 bits per heavy atom. The van der Waals surface area contributed by atoms with Gasteiger partial charge in [-0.2, -0.15) is 18.2 Å². The largest absolute Gasteiger partial charge is 0.415 e. The van der Waals surface area contributed by atoms with E-state index >= 15 is 0 Å². The lowest BCUT2D eigenvalue weighted by molar-refractivity contribution is -0.190. The molecule has 0 aliphatic carbocycles. The van der Waals surface area contributed by atoms with E-state index < -0.39 is 17.6 Å². The van der Waals surface area contributed by atoms with Crippen molar-refractivity contribution in [2.75, 3.05) is 0 Å². The molecule has 0 aliphatic heterocycles. The van der Waals surface area contributed by atoms with E-state index in [4.69, 9.17) is 5.73 Å². The second-order valence-electron chi connectivity index (χ2n) is 4.82. The number of rotatable bonds is 4. The molecule has 2 aromatic rings. The number of aryl methyl sites for hydroxylation is 1. The summed E-state index contributed by atoms with van der Waals surface area (Å²) in [5.74, 6) is -0.147. The van der Waals surface area contributed by atoms with Crippen LogP contribution in [0.2, 0.25) is 0 Å². The van der Waals surface area contributed by atoms with Gasteiger partial charge < -0.3 is 10.3 Å². The quantitative estimate of drug-likeness (QED) is 0.876. The highest BCUT2D eigenvalue weighted by Crippen LogP contribution is 2.35. The Morgan fingerprint density at radius 2 is 1.86 bits per heavy atom. The van der Waals surface area contributed by atoms with Gasteiger partial charge in [-0.05, 0) is 26.0 Å². The number of nitrogens with zero attached hydrogens (tertiary/aromatic N) is 2. The van der Waals surface area contributed by atoms with Gasteiger partial charge >= 0.3 is 6.18 Å². The summed E-state index contributed by atoms with van der Waals surface area (Å²) in [4.78, 5) is 4.71. The molecule has 0 aliphatic rings. The molecule has 114 valence electrons. The van der Waals surface area contributed by atoms with E-state index in [0.29, 0.717) is 5.75 Å². The minimum absolute atomic E-state index is 0.177. The molecule has 0 amide bonds. The number of benzene rings is 1. The molecule has 0 radical (unpaired) electrons. The lowest BCUT2D eigenvalue weighted by atomic mass is 10.0. The van der Waals surface area contributed by atoms with Crippen LogP contribution in [0.5, 0.6) is 0 Å².